The van der Waals surface area contributed by atoms with Crippen molar-refractivity contribution in [3.05, 3.63) is 54.4 Å². The predicted octanol–water partition coefficient (Wildman–Crippen LogP) is 1.96. The molecule has 1 N–H and O–H groups in total. The Morgan fingerprint density at radius 3 is 2.52 bits per heavy atom. The summed E-state index contributed by atoms with van der Waals surface area (Å²) in [4.78, 5) is 21.3. The van der Waals surface area contributed by atoms with Crippen LogP contribution in [0.4, 0.5) is 5.69 Å². The van der Waals surface area contributed by atoms with Crippen molar-refractivity contribution in [3.8, 4) is 5.75 Å². The predicted molar refractivity (Wildman–Crippen MR) is 107 cm³/mol. The van der Waals surface area contributed by atoms with Crippen molar-refractivity contribution in [2.45, 2.75) is 19.4 Å². The molecule has 1 amide bonds. The van der Waals surface area contributed by atoms with Crippen LogP contribution in [0.2, 0.25) is 0 Å². The van der Waals surface area contributed by atoms with Gasteiger partial charge < -0.3 is 15.0 Å². The molecule has 1 aromatic carbocycles. The Bertz CT molecular complexity index is 713. The maximum Gasteiger partial charge on any atom is 0.237 e. The minimum atomic E-state index is -0.119. The van der Waals surface area contributed by atoms with Gasteiger partial charge >= 0.3 is 0 Å². The molecule has 0 unspecified atom stereocenters. The first-order valence-electron chi connectivity index (χ1n) is 9.48. The van der Waals surface area contributed by atoms with Gasteiger partial charge in [0.2, 0.25) is 5.91 Å². The van der Waals surface area contributed by atoms with Gasteiger partial charge in [0, 0.05) is 56.7 Å². The highest BCUT2D eigenvalue weighted by atomic mass is 16.5. The Morgan fingerprint density at radius 2 is 1.89 bits per heavy atom. The Morgan fingerprint density at radius 1 is 1.15 bits per heavy atom. The van der Waals surface area contributed by atoms with Crippen LogP contribution >= 0.6 is 0 Å². The van der Waals surface area contributed by atoms with Crippen LogP contribution in [-0.2, 0) is 11.2 Å². The van der Waals surface area contributed by atoms with Crippen LogP contribution in [-0.4, -0.2) is 61.7 Å². The first-order chi connectivity index (χ1) is 13.2. The third-order valence-electron chi connectivity index (χ3n) is 5.09. The van der Waals surface area contributed by atoms with E-state index in [1.54, 1.807) is 13.3 Å². The van der Waals surface area contributed by atoms with Crippen LogP contribution in [0.5, 0.6) is 5.75 Å². The second-order valence-corrected chi connectivity index (χ2v) is 6.76. The monoisotopic (exact) mass is 368 g/mol. The van der Waals surface area contributed by atoms with E-state index in [0.717, 1.165) is 44.0 Å². The fourth-order valence-corrected chi connectivity index (χ4v) is 3.33. The van der Waals surface area contributed by atoms with Gasteiger partial charge in [0.1, 0.15) is 5.75 Å². The number of carbonyl (C=O) groups excluding carboxylic acids is 1. The highest BCUT2D eigenvalue weighted by Gasteiger charge is 2.25. The average Bonchev–Trinajstić information content (AvgIpc) is 2.74. The standard InChI is InChI=1S/C21H28N4O2/c1-17(21(26)23-12-10-18-5-3-4-11-22-18)24-13-15-25(16-14-24)19-6-8-20(27-2)9-7-19/h3-9,11,17H,10,12-16H2,1-2H3,(H,23,26)/t17-/m0/s1. The molecule has 3 rings (SSSR count). The van der Waals surface area contributed by atoms with Crippen molar-refractivity contribution >= 4 is 11.6 Å². The van der Waals surface area contributed by atoms with Crippen LogP contribution in [0.3, 0.4) is 0 Å². The molecule has 0 aliphatic carbocycles. The lowest BCUT2D eigenvalue weighted by molar-refractivity contribution is -0.125. The minimum Gasteiger partial charge on any atom is -0.497 e. The quantitative estimate of drug-likeness (QED) is 0.810. The number of carbonyl (C=O) groups is 1. The number of methoxy groups -OCH3 is 1. The number of rotatable bonds is 7. The molecule has 144 valence electrons. The number of anilines is 1. The molecule has 2 heterocycles. The van der Waals surface area contributed by atoms with Crippen molar-refractivity contribution in [2.24, 2.45) is 0 Å². The molecule has 1 fully saturated rings. The normalized spacial score (nSPS) is 16.0. The Hall–Kier alpha value is -2.60. The van der Waals surface area contributed by atoms with E-state index in [-0.39, 0.29) is 11.9 Å². The smallest absolute Gasteiger partial charge is 0.237 e. The summed E-state index contributed by atoms with van der Waals surface area (Å²) in [5, 5.41) is 3.04. The summed E-state index contributed by atoms with van der Waals surface area (Å²) in [5.74, 6) is 0.956. The van der Waals surface area contributed by atoms with Gasteiger partial charge in [-0.25, -0.2) is 0 Å². The van der Waals surface area contributed by atoms with E-state index in [9.17, 15) is 4.79 Å². The van der Waals surface area contributed by atoms with Crippen LogP contribution in [0.15, 0.2) is 48.7 Å². The first kappa shape index (κ1) is 19.2. The lowest BCUT2D eigenvalue weighted by Gasteiger charge is -2.38. The van der Waals surface area contributed by atoms with Gasteiger partial charge in [-0.2, -0.15) is 0 Å². The van der Waals surface area contributed by atoms with E-state index < -0.39 is 0 Å². The molecule has 6 nitrogen and oxygen atoms in total. The molecule has 2 aromatic rings. The fourth-order valence-electron chi connectivity index (χ4n) is 3.33. The number of pyridine rings is 1. The van der Waals surface area contributed by atoms with Gasteiger partial charge in [-0.1, -0.05) is 6.07 Å². The van der Waals surface area contributed by atoms with Crippen LogP contribution in [0.1, 0.15) is 12.6 Å². The summed E-state index contributed by atoms with van der Waals surface area (Å²) in [6.07, 6.45) is 2.53. The molecule has 1 atom stereocenters. The summed E-state index contributed by atoms with van der Waals surface area (Å²) in [7, 11) is 1.68. The second-order valence-electron chi connectivity index (χ2n) is 6.76. The second kappa shape index (κ2) is 9.37. The number of nitrogens with zero attached hydrogens (tertiary/aromatic N) is 3. The minimum absolute atomic E-state index is 0.0869. The molecule has 0 bridgehead atoms. The van der Waals surface area contributed by atoms with E-state index >= 15 is 0 Å². The number of nitrogens with one attached hydrogen (secondary N) is 1. The lowest BCUT2D eigenvalue weighted by Crippen LogP contribution is -2.54. The van der Waals surface area contributed by atoms with E-state index in [4.69, 9.17) is 4.74 Å². The molecule has 1 aliphatic rings. The molecule has 1 aliphatic heterocycles. The van der Waals surface area contributed by atoms with Crippen molar-refractivity contribution in [3.63, 3.8) is 0 Å². The largest absolute Gasteiger partial charge is 0.497 e. The van der Waals surface area contributed by atoms with Gasteiger partial charge in [-0.05, 0) is 43.3 Å². The van der Waals surface area contributed by atoms with Gasteiger partial charge in [-0.15, -0.1) is 0 Å². The van der Waals surface area contributed by atoms with E-state index in [2.05, 4.69) is 32.2 Å². The maximum absolute atomic E-state index is 12.5. The Balaban J connectivity index is 1.43. The molecule has 0 spiro atoms. The van der Waals surface area contributed by atoms with E-state index in [0.29, 0.717) is 6.54 Å². The molecule has 1 saturated heterocycles. The molecule has 6 heteroatoms. The van der Waals surface area contributed by atoms with Crippen LogP contribution in [0, 0.1) is 0 Å². The number of piperazine rings is 1. The summed E-state index contributed by atoms with van der Waals surface area (Å²) in [5.41, 5.74) is 2.20. The maximum atomic E-state index is 12.5. The first-order valence-corrected chi connectivity index (χ1v) is 9.48. The highest BCUT2D eigenvalue weighted by molar-refractivity contribution is 5.81. The lowest BCUT2D eigenvalue weighted by atomic mass is 10.2. The zero-order valence-electron chi connectivity index (χ0n) is 16.1. The summed E-state index contributed by atoms with van der Waals surface area (Å²) >= 11 is 0. The summed E-state index contributed by atoms with van der Waals surface area (Å²) in [6.45, 7) is 6.18. The molecule has 27 heavy (non-hydrogen) atoms. The SMILES string of the molecule is COc1ccc(N2CCN([C@@H](C)C(=O)NCCc3ccccn3)CC2)cc1. The number of aromatic nitrogens is 1. The van der Waals surface area contributed by atoms with E-state index in [1.807, 2.05) is 37.3 Å². The topological polar surface area (TPSA) is 57.7 Å². The molecule has 0 radical (unpaired) electrons. The molecular formula is C21H28N4O2. The van der Waals surface area contributed by atoms with Crippen molar-refractivity contribution in [2.75, 3.05) is 44.7 Å². The van der Waals surface area contributed by atoms with Crippen molar-refractivity contribution in [1.82, 2.24) is 15.2 Å². The molecule has 0 saturated carbocycles. The van der Waals surface area contributed by atoms with Gasteiger partial charge in [-0.3, -0.25) is 14.7 Å². The van der Waals surface area contributed by atoms with Crippen LogP contribution < -0.4 is 15.0 Å². The Labute approximate surface area is 161 Å². The number of benzene rings is 1. The van der Waals surface area contributed by atoms with Crippen molar-refractivity contribution < 1.29 is 9.53 Å². The zero-order chi connectivity index (χ0) is 19.1. The average molecular weight is 368 g/mol. The summed E-state index contributed by atoms with van der Waals surface area (Å²) in [6, 6.07) is 13.9. The third kappa shape index (κ3) is 5.20. The van der Waals surface area contributed by atoms with Crippen LogP contribution in [0.25, 0.3) is 0 Å². The van der Waals surface area contributed by atoms with Gasteiger partial charge in [0.25, 0.3) is 0 Å². The molecular weight excluding hydrogens is 340 g/mol. The highest BCUT2D eigenvalue weighted by Crippen LogP contribution is 2.21. The van der Waals surface area contributed by atoms with Gasteiger partial charge in [0.15, 0.2) is 0 Å². The van der Waals surface area contributed by atoms with E-state index in [1.165, 1.54) is 5.69 Å². The summed E-state index contributed by atoms with van der Waals surface area (Å²) < 4.78 is 5.22. The molecule has 1 aromatic heterocycles. The fraction of sp³-hybridized carbons (Fsp3) is 0.429. The Kier molecular flexibility index (Phi) is 6.65. The number of hydrogen-bond acceptors (Lipinski definition) is 5. The number of amides is 1. The zero-order valence-corrected chi connectivity index (χ0v) is 16.1. The van der Waals surface area contributed by atoms with Gasteiger partial charge in [0.05, 0.1) is 13.2 Å². The number of hydrogen-bond donors (Lipinski definition) is 1. The third-order valence-corrected chi connectivity index (χ3v) is 5.09. The number of ether oxygens (including phenoxy) is 1. The van der Waals surface area contributed by atoms with Crippen molar-refractivity contribution in [1.29, 1.82) is 0 Å².